The molecule has 2 atom stereocenters. The maximum atomic E-state index is 5.03. The van der Waals surface area contributed by atoms with Gasteiger partial charge in [-0.15, -0.1) is 0 Å². The number of hydrogen-bond acceptors (Lipinski definition) is 4. The SMILES string of the molecule is CCN1CCCC(c2nc3cccnc3n2C2CCCN2C)C1. The first-order valence-electron chi connectivity index (χ1n) is 9.03. The molecule has 0 bridgehead atoms. The molecule has 2 aliphatic rings. The number of imidazole rings is 1. The van der Waals surface area contributed by atoms with Gasteiger partial charge in [-0.1, -0.05) is 6.92 Å². The number of pyridine rings is 1. The molecule has 0 aromatic carbocycles. The molecule has 0 radical (unpaired) electrons. The first-order valence-corrected chi connectivity index (χ1v) is 9.03. The number of aromatic nitrogens is 3. The molecule has 23 heavy (non-hydrogen) atoms. The number of fused-ring (bicyclic) bond motifs is 1. The molecule has 0 amide bonds. The molecule has 2 aliphatic heterocycles. The Morgan fingerprint density at radius 2 is 2.09 bits per heavy atom. The first-order chi connectivity index (χ1) is 11.3. The molecule has 5 nitrogen and oxygen atoms in total. The molecule has 0 saturated carbocycles. The van der Waals surface area contributed by atoms with Gasteiger partial charge in [0.2, 0.25) is 0 Å². The minimum atomic E-state index is 0.418. The molecule has 4 heterocycles. The number of piperidine rings is 1. The van der Waals surface area contributed by atoms with E-state index in [9.17, 15) is 0 Å². The summed E-state index contributed by atoms with van der Waals surface area (Å²) >= 11 is 0. The van der Waals surface area contributed by atoms with Crippen LogP contribution in [0.5, 0.6) is 0 Å². The van der Waals surface area contributed by atoms with Gasteiger partial charge in [-0.3, -0.25) is 9.47 Å². The number of likely N-dealkylation sites (N-methyl/N-ethyl adjacent to an activating group) is 1. The molecule has 4 rings (SSSR count). The summed E-state index contributed by atoms with van der Waals surface area (Å²) < 4.78 is 2.45. The fourth-order valence-electron chi connectivity index (χ4n) is 4.30. The van der Waals surface area contributed by atoms with Crippen LogP contribution in [-0.4, -0.2) is 57.6 Å². The van der Waals surface area contributed by atoms with Crippen LogP contribution in [0.3, 0.4) is 0 Å². The smallest absolute Gasteiger partial charge is 0.161 e. The second kappa shape index (κ2) is 6.21. The molecule has 0 aliphatic carbocycles. The van der Waals surface area contributed by atoms with Crippen molar-refractivity contribution < 1.29 is 0 Å². The van der Waals surface area contributed by atoms with Crippen LogP contribution in [0.15, 0.2) is 18.3 Å². The maximum absolute atomic E-state index is 5.03. The van der Waals surface area contributed by atoms with Gasteiger partial charge in [0, 0.05) is 18.7 Å². The summed E-state index contributed by atoms with van der Waals surface area (Å²) in [5, 5.41) is 0. The lowest BCUT2D eigenvalue weighted by Crippen LogP contribution is -2.36. The predicted octanol–water partition coefficient (Wildman–Crippen LogP) is 2.85. The van der Waals surface area contributed by atoms with Gasteiger partial charge in [-0.25, -0.2) is 9.97 Å². The third kappa shape index (κ3) is 2.66. The van der Waals surface area contributed by atoms with Gasteiger partial charge < -0.3 is 4.90 Å². The molecular weight excluding hydrogens is 286 g/mol. The zero-order chi connectivity index (χ0) is 15.8. The van der Waals surface area contributed by atoms with E-state index in [0.29, 0.717) is 12.1 Å². The molecule has 2 saturated heterocycles. The quantitative estimate of drug-likeness (QED) is 0.873. The Kier molecular flexibility index (Phi) is 4.07. The Morgan fingerprint density at radius 3 is 2.87 bits per heavy atom. The zero-order valence-corrected chi connectivity index (χ0v) is 14.3. The summed E-state index contributed by atoms with van der Waals surface area (Å²) in [6.07, 6.45) is 7.31. The van der Waals surface area contributed by atoms with Gasteiger partial charge in [0.05, 0.1) is 6.17 Å². The number of hydrogen-bond donors (Lipinski definition) is 0. The van der Waals surface area contributed by atoms with Crippen LogP contribution in [0.1, 0.15) is 50.5 Å². The third-order valence-corrected chi connectivity index (χ3v) is 5.57. The first kappa shape index (κ1) is 15.1. The second-order valence-electron chi connectivity index (χ2n) is 7.02. The van der Waals surface area contributed by atoms with E-state index in [2.05, 4.69) is 39.4 Å². The fourth-order valence-corrected chi connectivity index (χ4v) is 4.30. The zero-order valence-electron chi connectivity index (χ0n) is 14.3. The molecule has 0 N–H and O–H groups in total. The van der Waals surface area contributed by atoms with E-state index in [1.165, 1.54) is 44.6 Å². The van der Waals surface area contributed by atoms with Gasteiger partial charge in [-0.2, -0.15) is 0 Å². The Hall–Kier alpha value is -1.46. The number of rotatable bonds is 3. The van der Waals surface area contributed by atoms with Crippen molar-refractivity contribution in [3.63, 3.8) is 0 Å². The lowest BCUT2D eigenvalue weighted by atomic mass is 9.97. The summed E-state index contributed by atoms with van der Waals surface area (Å²) in [4.78, 5) is 14.7. The standard InChI is InChI=1S/C18H27N5/c1-3-22-12-5-7-14(13-22)17-20-15-8-4-10-19-18(15)23(17)16-9-6-11-21(16)2/h4,8,10,14,16H,3,5-7,9,11-13H2,1-2H3. The van der Waals surface area contributed by atoms with Gasteiger partial charge in [0.1, 0.15) is 11.3 Å². The summed E-state index contributed by atoms with van der Waals surface area (Å²) in [6.45, 7) is 6.93. The number of likely N-dealkylation sites (tertiary alicyclic amines) is 2. The highest BCUT2D eigenvalue weighted by Gasteiger charge is 2.31. The highest BCUT2D eigenvalue weighted by molar-refractivity contribution is 5.71. The lowest BCUT2D eigenvalue weighted by molar-refractivity contribution is 0.196. The molecule has 2 unspecified atom stereocenters. The normalized spacial score (nSPS) is 27.0. The van der Waals surface area contributed by atoms with Gasteiger partial charge >= 0.3 is 0 Å². The average molecular weight is 313 g/mol. The van der Waals surface area contributed by atoms with Crippen molar-refractivity contribution in [2.75, 3.05) is 33.2 Å². The molecular formula is C18H27N5. The molecule has 124 valence electrons. The Labute approximate surface area is 138 Å². The van der Waals surface area contributed by atoms with Gasteiger partial charge in [0.15, 0.2) is 5.65 Å². The molecule has 2 aromatic rings. The Balaban J connectivity index is 1.79. The lowest BCUT2D eigenvalue weighted by Gasteiger charge is -2.33. The predicted molar refractivity (Wildman–Crippen MR) is 92.5 cm³/mol. The Bertz CT molecular complexity index is 679. The van der Waals surface area contributed by atoms with Crippen molar-refractivity contribution in [1.29, 1.82) is 0 Å². The molecule has 5 heteroatoms. The van der Waals surface area contributed by atoms with Crippen molar-refractivity contribution in [3.05, 3.63) is 24.2 Å². The summed E-state index contributed by atoms with van der Waals surface area (Å²) in [7, 11) is 2.23. The van der Waals surface area contributed by atoms with Crippen molar-refractivity contribution >= 4 is 11.2 Å². The Morgan fingerprint density at radius 1 is 1.22 bits per heavy atom. The van der Waals surface area contributed by atoms with Crippen LogP contribution in [-0.2, 0) is 0 Å². The van der Waals surface area contributed by atoms with E-state index in [1.807, 2.05) is 12.3 Å². The van der Waals surface area contributed by atoms with Crippen molar-refractivity contribution in [3.8, 4) is 0 Å². The largest absolute Gasteiger partial charge is 0.303 e. The van der Waals surface area contributed by atoms with Gasteiger partial charge in [0.25, 0.3) is 0 Å². The summed E-state index contributed by atoms with van der Waals surface area (Å²) in [6, 6.07) is 4.11. The van der Waals surface area contributed by atoms with E-state index < -0.39 is 0 Å². The van der Waals surface area contributed by atoms with Crippen LogP contribution >= 0.6 is 0 Å². The van der Waals surface area contributed by atoms with Gasteiger partial charge in [-0.05, 0) is 64.5 Å². The summed E-state index contributed by atoms with van der Waals surface area (Å²) in [5.74, 6) is 1.79. The van der Waals surface area contributed by atoms with E-state index in [0.717, 1.165) is 24.3 Å². The van der Waals surface area contributed by atoms with Crippen LogP contribution in [0.2, 0.25) is 0 Å². The van der Waals surface area contributed by atoms with Crippen LogP contribution in [0.4, 0.5) is 0 Å². The highest BCUT2D eigenvalue weighted by atomic mass is 15.3. The molecule has 2 aromatic heterocycles. The topological polar surface area (TPSA) is 37.2 Å². The minimum absolute atomic E-state index is 0.418. The average Bonchev–Trinajstić information content (AvgIpc) is 3.17. The van der Waals surface area contributed by atoms with E-state index >= 15 is 0 Å². The van der Waals surface area contributed by atoms with Crippen molar-refractivity contribution in [1.82, 2.24) is 24.3 Å². The van der Waals surface area contributed by atoms with Crippen LogP contribution in [0.25, 0.3) is 11.2 Å². The van der Waals surface area contributed by atoms with Crippen molar-refractivity contribution in [2.45, 2.75) is 44.7 Å². The highest BCUT2D eigenvalue weighted by Crippen LogP contribution is 2.35. The van der Waals surface area contributed by atoms with Crippen molar-refractivity contribution in [2.24, 2.45) is 0 Å². The van der Waals surface area contributed by atoms with E-state index in [-0.39, 0.29) is 0 Å². The maximum Gasteiger partial charge on any atom is 0.161 e. The third-order valence-electron chi connectivity index (χ3n) is 5.57. The molecule has 2 fully saturated rings. The molecule has 0 spiro atoms. The fraction of sp³-hybridized carbons (Fsp3) is 0.667. The second-order valence-corrected chi connectivity index (χ2v) is 7.02. The van der Waals surface area contributed by atoms with E-state index in [1.54, 1.807) is 0 Å². The summed E-state index contributed by atoms with van der Waals surface area (Å²) in [5.41, 5.74) is 2.12. The van der Waals surface area contributed by atoms with E-state index in [4.69, 9.17) is 4.98 Å². The number of nitrogens with zero attached hydrogens (tertiary/aromatic N) is 5. The van der Waals surface area contributed by atoms with Crippen LogP contribution in [0, 0.1) is 0 Å². The van der Waals surface area contributed by atoms with Crippen LogP contribution < -0.4 is 0 Å². The minimum Gasteiger partial charge on any atom is -0.303 e. The monoisotopic (exact) mass is 313 g/mol.